The number of ether oxygens (including phenoxy) is 1. The number of nitrogens with one attached hydrogen (secondary N) is 1. The van der Waals surface area contributed by atoms with Gasteiger partial charge in [0.25, 0.3) is 0 Å². The minimum Gasteiger partial charge on any atom is -0.444 e. The standard InChI is InChI=1S/C14H21NO3/c1-5-6-7-11(16)10-14(8-9-14)15-12(17)18-13(2,3)4/h7-10H2,1-4H3,(H,15,17). The van der Waals surface area contributed by atoms with Crippen molar-refractivity contribution in [1.82, 2.24) is 5.32 Å². The molecule has 1 amide bonds. The van der Waals surface area contributed by atoms with Crippen molar-refractivity contribution in [3.8, 4) is 11.8 Å². The first kappa shape index (κ1) is 14.6. The van der Waals surface area contributed by atoms with Gasteiger partial charge in [0.05, 0.1) is 12.0 Å². The second-order valence-corrected chi connectivity index (χ2v) is 5.73. The molecule has 4 heteroatoms. The van der Waals surface area contributed by atoms with Gasteiger partial charge >= 0.3 is 6.09 Å². The van der Waals surface area contributed by atoms with E-state index in [1.54, 1.807) is 6.92 Å². The quantitative estimate of drug-likeness (QED) is 0.781. The molecular weight excluding hydrogens is 230 g/mol. The van der Waals surface area contributed by atoms with E-state index in [4.69, 9.17) is 4.74 Å². The number of rotatable bonds is 4. The van der Waals surface area contributed by atoms with E-state index in [1.165, 1.54) is 0 Å². The summed E-state index contributed by atoms with van der Waals surface area (Å²) in [6.45, 7) is 7.15. The van der Waals surface area contributed by atoms with Gasteiger partial charge < -0.3 is 10.1 Å². The number of ketones is 1. The summed E-state index contributed by atoms with van der Waals surface area (Å²) in [6.07, 6.45) is 1.82. The molecule has 0 heterocycles. The van der Waals surface area contributed by atoms with Gasteiger partial charge in [0, 0.05) is 6.42 Å². The lowest BCUT2D eigenvalue weighted by Gasteiger charge is -2.23. The Kier molecular flexibility index (Phi) is 4.39. The molecule has 0 radical (unpaired) electrons. The van der Waals surface area contributed by atoms with Crippen LogP contribution in [0.25, 0.3) is 0 Å². The Morgan fingerprint density at radius 1 is 1.33 bits per heavy atom. The van der Waals surface area contributed by atoms with E-state index in [1.807, 2.05) is 20.8 Å². The molecule has 1 fully saturated rings. The molecular formula is C14H21NO3. The zero-order valence-electron chi connectivity index (χ0n) is 11.6. The number of carbonyl (C=O) groups excluding carboxylic acids is 2. The van der Waals surface area contributed by atoms with E-state index in [0.29, 0.717) is 6.42 Å². The van der Waals surface area contributed by atoms with Crippen molar-refractivity contribution in [3.63, 3.8) is 0 Å². The van der Waals surface area contributed by atoms with Gasteiger partial charge in [-0.05, 0) is 40.5 Å². The lowest BCUT2D eigenvalue weighted by Crippen LogP contribution is -2.41. The summed E-state index contributed by atoms with van der Waals surface area (Å²) in [6, 6.07) is 0. The Morgan fingerprint density at radius 2 is 1.94 bits per heavy atom. The maximum Gasteiger partial charge on any atom is 0.408 e. The van der Waals surface area contributed by atoms with Crippen molar-refractivity contribution in [3.05, 3.63) is 0 Å². The number of hydrogen-bond acceptors (Lipinski definition) is 3. The van der Waals surface area contributed by atoms with Crippen LogP contribution in [0.3, 0.4) is 0 Å². The second kappa shape index (κ2) is 5.43. The third-order valence-corrected chi connectivity index (χ3v) is 2.62. The zero-order chi connectivity index (χ0) is 13.8. The second-order valence-electron chi connectivity index (χ2n) is 5.73. The highest BCUT2D eigenvalue weighted by Gasteiger charge is 2.46. The van der Waals surface area contributed by atoms with Gasteiger partial charge in [-0.3, -0.25) is 4.79 Å². The van der Waals surface area contributed by atoms with Crippen LogP contribution in [0.1, 0.15) is 53.4 Å². The molecule has 4 nitrogen and oxygen atoms in total. The van der Waals surface area contributed by atoms with Crippen LogP contribution in [0.5, 0.6) is 0 Å². The molecule has 18 heavy (non-hydrogen) atoms. The minimum atomic E-state index is -0.516. The van der Waals surface area contributed by atoms with Gasteiger partial charge in [0.1, 0.15) is 11.4 Å². The number of alkyl carbamates (subject to hydrolysis) is 1. The van der Waals surface area contributed by atoms with E-state index < -0.39 is 11.7 Å². The summed E-state index contributed by atoms with van der Waals surface area (Å²) in [7, 11) is 0. The van der Waals surface area contributed by atoms with Crippen molar-refractivity contribution in [1.29, 1.82) is 0 Å². The van der Waals surface area contributed by atoms with Gasteiger partial charge in [0.15, 0.2) is 0 Å². The van der Waals surface area contributed by atoms with Crippen molar-refractivity contribution in [2.75, 3.05) is 0 Å². The predicted octanol–water partition coefficient (Wildman–Crippen LogP) is 2.42. The van der Waals surface area contributed by atoms with Gasteiger partial charge in [-0.1, -0.05) is 5.92 Å². The smallest absolute Gasteiger partial charge is 0.408 e. The predicted molar refractivity (Wildman–Crippen MR) is 69.0 cm³/mol. The van der Waals surface area contributed by atoms with Crippen LogP contribution in [-0.2, 0) is 9.53 Å². The van der Waals surface area contributed by atoms with Gasteiger partial charge in [-0.2, -0.15) is 0 Å². The van der Waals surface area contributed by atoms with Crippen molar-refractivity contribution in [2.24, 2.45) is 0 Å². The van der Waals surface area contributed by atoms with E-state index in [9.17, 15) is 9.59 Å². The Balaban J connectivity index is 2.43. The Morgan fingerprint density at radius 3 is 2.39 bits per heavy atom. The summed E-state index contributed by atoms with van der Waals surface area (Å²) in [5, 5.41) is 2.80. The van der Waals surface area contributed by atoms with Crippen LogP contribution in [0, 0.1) is 11.8 Å². The summed E-state index contributed by atoms with van der Waals surface area (Å²) < 4.78 is 5.19. The first-order chi connectivity index (χ1) is 8.26. The number of Topliss-reactive ketones (excluding diaryl/α,β-unsaturated/α-hetero) is 1. The van der Waals surface area contributed by atoms with Crippen molar-refractivity contribution in [2.45, 2.75) is 64.5 Å². The molecule has 0 saturated heterocycles. The maximum absolute atomic E-state index is 11.6. The third-order valence-electron chi connectivity index (χ3n) is 2.62. The highest BCUT2D eigenvalue weighted by atomic mass is 16.6. The van der Waals surface area contributed by atoms with E-state index in [0.717, 1.165) is 12.8 Å². The summed E-state index contributed by atoms with van der Waals surface area (Å²) in [5.74, 6) is 5.51. The largest absolute Gasteiger partial charge is 0.444 e. The maximum atomic E-state index is 11.6. The van der Waals surface area contributed by atoms with Crippen LogP contribution in [0.4, 0.5) is 4.79 Å². The lowest BCUT2D eigenvalue weighted by molar-refractivity contribution is -0.118. The molecule has 1 aliphatic carbocycles. The average molecular weight is 251 g/mol. The van der Waals surface area contributed by atoms with Crippen molar-refractivity contribution < 1.29 is 14.3 Å². The Labute approximate surface area is 108 Å². The highest BCUT2D eigenvalue weighted by Crippen LogP contribution is 2.39. The van der Waals surface area contributed by atoms with E-state index >= 15 is 0 Å². The number of hydrogen-bond donors (Lipinski definition) is 1. The van der Waals surface area contributed by atoms with Crippen LogP contribution < -0.4 is 5.32 Å². The Bertz CT molecular complexity index is 391. The van der Waals surface area contributed by atoms with E-state index in [2.05, 4.69) is 17.2 Å². The fourth-order valence-corrected chi connectivity index (χ4v) is 1.64. The first-order valence-electron chi connectivity index (χ1n) is 6.19. The lowest BCUT2D eigenvalue weighted by atomic mass is 10.1. The molecule has 0 spiro atoms. The topological polar surface area (TPSA) is 55.4 Å². The molecule has 0 atom stereocenters. The third kappa shape index (κ3) is 5.22. The summed E-state index contributed by atoms with van der Waals surface area (Å²) in [4.78, 5) is 23.3. The molecule has 1 rings (SSSR count). The molecule has 0 aromatic heterocycles. The van der Waals surface area contributed by atoms with Crippen LogP contribution in [0.15, 0.2) is 0 Å². The van der Waals surface area contributed by atoms with Gasteiger partial charge in [-0.25, -0.2) is 4.79 Å². The minimum absolute atomic E-state index is 0.0675. The monoisotopic (exact) mass is 251 g/mol. The molecule has 1 aliphatic rings. The normalized spacial score (nSPS) is 16.2. The van der Waals surface area contributed by atoms with E-state index in [-0.39, 0.29) is 17.7 Å². The van der Waals surface area contributed by atoms with Crippen LogP contribution in [0.2, 0.25) is 0 Å². The molecule has 100 valence electrons. The molecule has 0 aromatic carbocycles. The zero-order valence-corrected chi connectivity index (χ0v) is 11.6. The summed E-state index contributed by atoms with van der Waals surface area (Å²) >= 11 is 0. The number of carbonyl (C=O) groups is 2. The summed E-state index contributed by atoms with van der Waals surface area (Å²) in [5.41, 5.74) is -0.896. The fraction of sp³-hybridized carbons (Fsp3) is 0.714. The molecule has 0 aliphatic heterocycles. The highest BCUT2D eigenvalue weighted by molar-refractivity contribution is 5.83. The van der Waals surface area contributed by atoms with Crippen LogP contribution >= 0.6 is 0 Å². The first-order valence-corrected chi connectivity index (χ1v) is 6.19. The Hall–Kier alpha value is -1.50. The van der Waals surface area contributed by atoms with Crippen molar-refractivity contribution >= 4 is 11.9 Å². The SMILES string of the molecule is CC#CCC(=O)CC1(NC(=O)OC(C)(C)C)CC1. The average Bonchev–Trinajstić information content (AvgIpc) is 2.91. The van der Waals surface area contributed by atoms with Gasteiger partial charge in [0.2, 0.25) is 0 Å². The molecule has 1 saturated carbocycles. The fourth-order valence-electron chi connectivity index (χ4n) is 1.64. The number of amides is 1. The molecule has 0 aromatic rings. The van der Waals surface area contributed by atoms with Crippen LogP contribution in [-0.4, -0.2) is 23.0 Å². The van der Waals surface area contributed by atoms with Gasteiger partial charge in [-0.15, -0.1) is 5.92 Å². The molecule has 0 unspecified atom stereocenters. The molecule has 1 N–H and O–H groups in total. The molecule has 0 bridgehead atoms.